The number of carbonyl (C=O) groups is 3. The van der Waals surface area contributed by atoms with E-state index in [4.69, 9.17) is 4.42 Å². The molecule has 3 amide bonds. The van der Waals surface area contributed by atoms with E-state index in [1.165, 1.54) is 22.7 Å². The summed E-state index contributed by atoms with van der Waals surface area (Å²) in [6.45, 7) is 3.45. The minimum Gasteiger partial charge on any atom is -0.464 e. The third kappa shape index (κ3) is 6.00. The van der Waals surface area contributed by atoms with Crippen LogP contribution in [0.25, 0.3) is 0 Å². The fourth-order valence-electron chi connectivity index (χ4n) is 4.49. The minimum absolute atomic E-state index is 0.0714. The number of anilines is 1. The van der Waals surface area contributed by atoms with Crippen LogP contribution in [0.4, 0.5) is 5.69 Å². The molecule has 0 bridgehead atoms. The number of hydrogen-bond donors (Lipinski definition) is 2. The van der Waals surface area contributed by atoms with Crippen molar-refractivity contribution in [1.82, 2.24) is 10.6 Å². The first-order chi connectivity index (χ1) is 16.9. The number of nitrogens with zero attached hydrogens (tertiary/aromatic N) is 1. The van der Waals surface area contributed by atoms with Crippen LogP contribution < -0.4 is 15.5 Å². The van der Waals surface area contributed by atoms with Crippen LogP contribution >= 0.6 is 11.3 Å². The van der Waals surface area contributed by atoms with Gasteiger partial charge in [0, 0.05) is 11.7 Å². The van der Waals surface area contributed by atoms with Crippen LogP contribution in [0.1, 0.15) is 64.9 Å². The van der Waals surface area contributed by atoms with E-state index < -0.39 is 11.9 Å². The van der Waals surface area contributed by atoms with Gasteiger partial charge in [0.2, 0.25) is 5.91 Å². The Bertz CT molecular complexity index is 1160. The zero-order valence-corrected chi connectivity index (χ0v) is 20.9. The molecular weight excluding hydrogens is 462 g/mol. The monoisotopic (exact) mass is 493 g/mol. The van der Waals surface area contributed by atoms with Gasteiger partial charge in [0.25, 0.3) is 11.8 Å². The SMILES string of the molecule is Cc1ccc([C@@H](C(=O)NC2CCCCC2)N(C(=O)CNC(=O)c2cccs2)c2ccccc2C)o1. The van der Waals surface area contributed by atoms with E-state index in [0.29, 0.717) is 22.1 Å². The maximum absolute atomic E-state index is 13.7. The molecule has 0 aliphatic heterocycles. The van der Waals surface area contributed by atoms with Crippen LogP contribution in [0, 0.1) is 13.8 Å². The molecule has 0 radical (unpaired) electrons. The number of rotatable bonds is 8. The lowest BCUT2D eigenvalue weighted by Crippen LogP contribution is -2.49. The predicted molar refractivity (Wildman–Crippen MR) is 137 cm³/mol. The van der Waals surface area contributed by atoms with E-state index in [1.54, 1.807) is 36.6 Å². The van der Waals surface area contributed by atoms with Gasteiger partial charge in [-0.3, -0.25) is 19.3 Å². The van der Waals surface area contributed by atoms with Gasteiger partial charge in [-0.25, -0.2) is 0 Å². The molecule has 1 aliphatic rings. The van der Waals surface area contributed by atoms with Gasteiger partial charge in [-0.1, -0.05) is 43.5 Å². The molecule has 0 saturated heterocycles. The van der Waals surface area contributed by atoms with Gasteiger partial charge in [-0.15, -0.1) is 11.3 Å². The molecule has 1 saturated carbocycles. The largest absolute Gasteiger partial charge is 0.464 e. The highest BCUT2D eigenvalue weighted by molar-refractivity contribution is 7.12. The minimum atomic E-state index is -1.00. The van der Waals surface area contributed by atoms with Gasteiger partial charge in [-0.2, -0.15) is 0 Å². The molecule has 2 N–H and O–H groups in total. The molecule has 1 atom stereocenters. The van der Waals surface area contributed by atoms with Crippen molar-refractivity contribution in [1.29, 1.82) is 0 Å². The Hall–Kier alpha value is -3.39. The van der Waals surface area contributed by atoms with Crippen molar-refractivity contribution in [2.75, 3.05) is 11.4 Å². The average molecular weight is 494 g/mol. The number of benzene rings is 1. The average Bonchev–Trinajstić information content (AvgIpc) is 3.54. The number of carbonyl (C=O) groups excluding carboxylic acids is 3. The Morgan fingerprint density at radius 3 is 2.46 bits per heavy atom. The van der Waals surface area contributed by atoms with Crippen LogP contribution in [-0.4, -0.2) is 30.3 Å². The van der Waals surface area contributed by atoms with Crippen molar-refractivity contribution >= 4 is 34.7 Å². The number of para-hydroxylation sites is 1. The summed E-state index contributed by atoms with van der Waals surface area (Å²) in [5.41, 5.74) is 1.44. The zero-order chi connectivity index (χ0) is 24.8. The Labute approximate surface area is 209 Å². The molecule has 0 unspecified atom stereocenters. The normalized spacial score (nSPS) is 14.8. The molecule has 1 aromatic carbocycles. The molecule has 4 rings (SSSR count). The van der Waals surface area contributed by atoms with E-state index in [0.717, 1.165) is 31.2 Å². The molecular formula is C27H31N3O4S. The highest BCUT2D eigenvalue weighted by Gasteiger charge is 2.36. The van der Waals surface area contributed by atoms with Gasteiger partial charge in [0.05, 0.1) is 11.4 Å². The molecule has 3 aromatic rings. The first-order valence-corrected chi connectivity index (χ1v) is 12.9. The van der Waals surface area contributed by atoms with Crippen molar-refractivity contribution in [2.24, 2.45) is 0 Å². The van der Waals surface area contributed by atoms with Crippen molar-refractivity contribution in [2.45, 2.75) is 58.0 Å². The quantitative estimate of drug-likeness (QED) is 0.466. The smallest absolute Gasteiger partial charge is 0.261 e. The zero-order valence-electron chi connectivity index (χ0n) is 20.1. The van der Waals surface area contributed by atoms with Crippen molar-refractivity contribution in [3.63, 3.8) is 0 Å². The molecule has 35 heavy (non-hydrogen) atoms. The van der Waals surface area contributed by atoms with Gasteiger partial charge in [0.1, 0.15) is 11.5 Å². The summed E-state index contributed by atoms with van der Waals surface area (Å²) in [5, 5.41) is 7.67. The number of amides is 3. The third-order valence-corrected chi connectivity index (χ3v) is 7.15. The highest BCUT2D eigenvalue weighted by Crippen LogP contribution is 2.32. The third-order valence-electron chi connectivity index (χ3n) is 6.28. The molecule has 2 aromatic heterocycles. The van der Waals surface area contributed by atoms with E-state index >= 15 is 0 Å². The number of hydrogen-bond acceptors (Lipinski definition) is 5. The second kappa shape index (κ2) is 11.4. The summed E-state index contributed by atoms with van der Waals surface area (Å²) < 4.78 is 5.89. The van der Waals surface area contributed by atoms with Crippen LogP contribution in [-0.2, 0) is 9.59 Å². The van der Waals surface area contributed by atoms with E-state index in [-0.39, 0.29) is 24.4 Å². The number of nitrogens with one attached hydrogen (secondary N) is 2. The van der Waals surface area contributed by atoms with E-state index in [1.807, 2.05) is 31.2 Å². The molecule has 2 heterocycles. The van der Waals surface area contributed by atoms with Crippen LogP contribution in [0.3, 0.4) is 0 Å². The Morgan fingerprint density at radius 2 is 1.80 bits per heavy atom. The lowest BCUT2D eigenvalue weighted by Gasteiger charge is -2.33. The van der Waals surface area contributed by atoms with Crippen molar-refractivity contribution < 1.29 is 18.8 Å². The van der Waals surface area contributed by atoms with E-state index in [9.17, 15) is 14.4 Å². The molecule has 1 aliphatic carbocycles. The summed E-state index contributed by atoms with van der Waals surface area (Å²) in [7, 11) is 0. The predicted octanol–water partition coefficient (Wildman–Crippen LogP) is 4.91. The summed E-state index contributed by atoms with van der Waals surface area (Å²) in [5.74, 6) is 0.0280. The lowest BCUT2D eigenvalue weighted by atomic mass is 9.95. The summed E-state index contributed by atoms with van der Waals surface area (Å²) in [6.07, 6.45) is 5.16. The second-order valence-electron chi connectivity index (χ2n) is 8.90. The van der Waals surface area contributed by atoms with Crippen LogP contribution in [0.2, 0.25) is 0 Å². The fraction of sp³-hybridized carbons (Fsp3) is 0.370. The van der Waals surface area contributed by atoms with Crippen molar-refractivity contribution in [3.8, 4) is 0 Å². The molecule has 184 valence electrons. The van der Waals surface area contributed by atoms with E-state index in [2.05, 4.69) is 10.6 Å². The molecule has 1 fully saturated rings. The topological polar surface area (TPSA) is 91.7 Å². The summed E-state index contributed by atoms with van der Waals surface area (Å²) in [4.78, 5) is 41.9. The summed E-state index contributed by atoms with van der Waals surface area (Å²) >= 11 is 1.30. The molecule has 0 spiro atoms. The van der Waals surface area contributed by atoms with Gasteiger partial charge in [0.15, 0.2) is 6.04 Å². The fourth-order valence-corrected chi connectivity index (χ4v) is 5.13. The van der Waals surface area contributed by atoms with Crippen molar-refractivity contribution in [3.05, 3.63) is 75.9 Å². The number of aryl methyl sites for hydroxylation is 2. The maximum atomic E-state index is 13.7. The summed E-state index contributed by atoms with van der Waals surface area (Å²) in [6, 6.07) is 13.5. The Morgan fingerprint density at radius 1 is 1.03 bits per heavy atom. The standard InChI is InChI=1S/C27H31N3O4S/c1-18-9-6-7-12-21(18)30(24(31)17-28-26(32)23-13-8-16-35-23)25(22-15-14-19(2)34-22)27(33)29-20-10-4-3-5-11-20/h6-9,12-16,20,25H,3-5,10-11,17H2,1-2H3,(H,28,32)(H,29,33)/t25-/m0/s1. The molecule has 7 nitrogen and oxygen atoms in total. The number of furan rings is 1. The second-order valence-corrected chi connectivity index (χ2v) is 9.85. The maximum Gasteiger partial charge on any atom is 0.261 e. The first-order valence-electron chi connectivity index (χ1n) is 12.0. The van der Waals surface area contributed by atoms with Crippen LogP contribution in [0.15, 0.2) is 58.3 Å². The first kappa shape index (κ1) is 24.7. The Balaban J connectivity index is 1.66. The Kier molecular flexibility index (Phi) is 8.02. The van der Waals surface area contributed by atoms with Gasteiger partial charge in [-0.05, 0) is 61.9 Å². The number of thiophene rings is 1. The lowest BCUT2D eigenvalue weighted by molar-refractivity contribution is -0.127. The van der Waals surface area contributed by atoms with Gasteiger partial charge >= 0.3 is 0 Å². The molecule has 8 heteroatoms. The van der Waals surface area contributed by atoms with Gasteiger partial charge < -0.3 is 15.1 Å². The van der Waals surface area contributed by atoms with Crippen LogP contribution in [0.5, 0.6) is 0 Å². The highest BCUT2D eigenvalue weighted by atomic mass is 32.1.